The second-order valence-corrected chi connectivity index (χ2v) is 5.81. The van der Waals surface area contributed by atoms with E-state index in [1.165, 1.54) is 0 Å². The Labute approximate surface area is 118 Å². The Kier molecular flexibility index (Phi) is 5.64. The first-order valence-corrected chi connectivity index (χ1v) is 6.91. The molecular formula is C14H20BrN3. The third kappa shape index (κ3) is 4.01. The van der Waals surface area contributed by atoms with E-state index in [0.29, 0.717) is 11.5 Å². The van der Waals surface area contributed by atoms with Crippen molar-refractivity contribution < 1.29 is 0 Å². The molecule has 1 aromatic carbocycles. The molecule has 3 nitrogen and oxygen atoms in total. The maximum atomic E-state index is 9.11. The molecule has 0 aromatic heterocycles. The van der Waals surface area contributed by atoms with Gasteiger partial charge in [0.1, 0.15) is 6.07 Å². The molecule has 4 heteroatoms. The molecule has 0 aliphatic rings. The quantitative estimate of drug-likeness (QED) is 0.909. The molecule has 0 aliphatic carbocycles. The number of benzene rings is 1. The Bertz CT molecular complexity index is 437. The molecule has 1 aromatic rings. The largest absolute Gasteiger partial charge is 0.373 e. The first-order chi connectivity index (χ1) is 8.45. The van der Waals surface area contributed by atoms with Gasteiger partial charge in [0.2, 0.25) is 0 Å². The second-order valence-electron chi connectivity index (χ2n) is 4.89. The van der Waals surface area contributed by atoms with Crippen LogP contribution in [0.3, 0.4) is 0 Å². The Morgan fingerprint density at radius 1 is 1.44 bits per heavy atom. The number of hydrogen-bond donors (Lipinski definition) is 1. The van der Waals surface area contributed by atoms with Crippen molar-refractivity contribution in [2.24, 2.45) is 11.7 Å². The summed E-state index contributed by atoms with van der Waals surface area (Å²) in [5, 5.41) is 9.11. The molecule has 1 rings (SSSR count). The summed E-state index contributed by atoms with van der Waals surface area (Å²) in [6, 6.07) is 8.11. The number of halogens is 1. The lowest BCUT2D eigenvalue weighted by molar-refractivity contribution is 0.466. The van der Waals surface area contributed by atoms with Gasteiger partial charge in [-0.15, -0.1) is 0 Å². The number of anilines is 1. The Hall–Kier alpha value is -1.05. The minimum atomic E-state index is 0.199. The summed E-state index contributed by atoms with van der Waals surface area (Å²) >= 11 is 3.44. The molecule has 0 saturated heterocycles. The van der Waals surface area contributed by atoms with Crippen molar-refractivity contribution in [1.29, 1.82) is 5.26 Å². The van der Waals surface area contributed by atoms with Crippen molar-refractivity contribution in [2.75, 3.05) is 18.5 Å². The fourth-order valence-electron chi connectivity index (χ4n) is 1.71. The van der Waals surface area contributed by atoms with Gasteiger partial charge in [-0.3, -0.25) is 0 Å². The maximum Gasteiger partial charge on any atom is 0.101 e. The molecular weight excluding hydrogens is 290 g/mol. The van der Waals surface area contributed by atoms with Gasteiger partial charge in [-0.2, -0.15) is 5.26 Å². The average molecular weight is 310 g/mol. The zero-order valence-corrected chi connectivity index (χ0v) is 12.7. The van der Waals surface area contributed by atoms with Gasteiger partial charge >= 0.3 is 0 Å². The predicted octanol–water partition coefficient (Wildman–Crippen LogP) is 3.13. The van der Waals surface area contributed by atoms with Crippen molar-refractivity contribution in [1.82, 2.24) is 0 Å². The van der Waals surface area contributed by atoms with Crippen LogP contribution < -0.4 is 10.6 Å². The molecule has 0 fully saturated rings. The number of rotatable bonds is 5. The molecule has 0 radical (unpaired) electrons. The van der Waals surface area contributed by atoms with E-state index in [1.54, 1.807) is 0 Å². The lowest BCUT2D eigenvalue weighted by Crippen LogP contribution is -2.32. The normalized spacial score (nSPS) is 12.3. The van der Waals surface area contributed by atoms with E-state index in [2.05, 4.69) is 40.7 Å². The number of nitriles is 1. The summed E-state index contributed by atoms with van der Waals surface area (Å²) in [5.74, 6) is 0.483. The third-order valence-electron chi connectivity index (χ3n) is 3.15. The van der Waals surface area contributed by atoms with Gasteiger partial charge in [0.15, 0.2) is 0 Å². The summed E-state index contributed by atoms with van der Waals surface area (Å²) < 4.78 is 0.983. The third-order valence-corrected chi connectivity index (χ3v) is 3.64. The molecule has 0 aliphatic heterocycles. The van der Waals surface area contributed by atoms with E-state index in [4.69, 9.17) is 11.0 Å². The zero-order chi connectivity index (χ0) is 13.7. The number of nitrogens with zero attached hydrogens (tertiary/aromatic N) is 2. The van der Waals surface area contributed by atoms with E-state index < -0.39 is 0 Å². The van der Waals surface area contributed by atoms with Crippen molar-refractivity contribution in [3.63, 3.8) is 0 Å². The first kappa shape index (κ1) is 15.0. The van der Waals surface area contributed by atoms with Gasteiger partial charge in [0.25, 0.3) is 0 Å². The van der Waals surface area contributed by atoms with Crippen LogP contribution in [0.5, 0.6) is 0 Å². The monoisotopic (exact) mass is 309 g/mol. The number of hydrogen-bond acceptors (Lipinski definition) is 3. The van der Waals surface area contributed by atoms with Crippen LogP contribution in [0.4, 0.5) is 5.69 Å². The lowest BCUT2D eigenvalue weighted by atomic mass is 10.0. The molecule has 1 atom stereocenters. The highest BCUT2D eigenvalue weighted by Crippen LogP contribution is 2.24. The van der Waals surface area contributed by atoms with E-state index in [1.807, 2.05) is 25.2 Å². The van der Waals surface area contributed by atoms with Crippen molar-refractivity contribution in [3.05, 3.63) is 28.2 Å². The van der Waals surface area contributed by atoms with Crippen LogP contribution >= 0.6 is 15.9 Å². The van der Waals surface area contributed by atoms with Crippen LogP contribution in [-0.4, -0.2) is 19.6 Å². The number of nitrogens with two attached hydrogens (primary N) is 1. The van der Waals surface area contributed by atoms with Gasteiger partial charge in [-0.1, -0.05) is 29.8 Å². The minimum absolute atomic E-state index is 0.199. The molecule has 0 saturated carbocycles. The Morgan fingerprint density at radius 2 is 2.11 bits per heavy atom. The minimum Gasteiger partial charge on any atom is -0.373 e. The van der Waals surface area contributed by atoms with Gasteiger partial charge in [0, 0.05) is 24.1 Å². The summed E-state index contributed by atoms with van der Waals surface area (Å²) in [7, 11) is 2.00. The summed E-state index contributed by atoms with van der Waals surface area (Å²) in [6.07, 6.45) is 0.922. The summed E-state index contributed by atoms with van der Waals surface area (Å²) in [5.41, 5.74) is 7.68. The lowest BCUT2D eigenvalue weighted by Gasteiger charge is -2.24. The van der Waals surface area contributed by atoms with Gasteiger partial charge in [0.05, 0.1) is 11.3 Å². The molecule has 2 N–H and O–H groups in total. The molecule has 0 heterocycles. The predicted molar refractivity (Wildman–Crippen MR) is 79.6 cm³/mol. The molecule has 0 bridgehead atoms. The maximum absolute atomic E-state index is 9.11. The Balaban J connectivity index is 2.75. The zero-order valence-electron chi connectivity index (χ0n) is 11.2. The van der Waals surface area contributed by atoms with Crippen molar-refractivity contribution in [2.45, 2.75) is 26.3 Å². The smallest absolute Gasteiger partial charge is 0.101 e. The highest BCUT2D eigenvalue weighted by atomic mass is 79.9. The van der Waals surface area contributed by atoms with E-state index in [-0.39, 0.29) is 6.04 Å². The van der Waals surface area contributed by atoms with Crippen molar-refractivity contribution >= 4 is 21.6 Å². The molecule has 0 amide bonds. The topological polar surface area (TPSA) is 53.0 Å². The van der Waals surface area contributed by atoms with Crippen LogP contribution in [0.1, 0.15) is 25.8 Å². The van der Waals surface area contributed by atoms with Crippen LogP contribution in [0.15, 0.2) is 22.7 Å². The molecule has 98 valence electrons. The summed E-state index contributed by atoms with van der Waals surface area (Å²) in [6.45, 7) is 5.11. The van der Waals surface area contributed by atoms with E-state index in [0.717, 1.165) is 23.1 Å². The van der Waals surface area contributed by atoms with Crippen LogP contribution in [0.2, 0.25) is 0 Å². The van der Waals surface area contributed by atoms with Crippen LogP contribution in [0, 0.1) is 17.2 Å². The first-order valence-electron chi connectivity index (χ1n) is 6.12. The molecule has 18 heavy (non-hydrogen) atoms. The molecule has 0 spiro atoms. The second kappa shape index (κ2) is 6.77. The van der Waals surface area contributed by atoms with Crippen LogP contribution in [0.25, 0.3) is 0 Å². The highest BCUT2D eigenvalue weighted by molar-refractivity contribution is 9.10. The fraction of sp³-hybridized carbons (Fsp3) is 0.500. The average Bonchev–Trinajstić information content (AvgIpc) is 2.35. The molecule has 1 unspecified atom stereocenters. The van der Waals surface area contributed by atoms with E-state index in [9.17, 15) is 0 Å². The standard InChI is InChI=1S/C14H20BrN3/c1-10(2)13(17)6-7-18(3)14-8-12(15)5-4-11(14)9-16/h4-5,8,10,13H,6-7,17H2,1-3H3. The fourth-order valence-corrected chi connectivity index (χ4v) is 2.06. The van der Waals surface area contributed by atoms with Gasteiger partial charge in [-0.25, -0.2) is 0 Å². The van der Waals surface area contributed by atoms with E-state index >= 15 is 0 Å². The van der Waals surface area contributed by atoms with Crippen LogP contribution in [-0.2, 0) is 0 Å². The Morgan fingerprint density at radius 3 is 2.67 bits per heavy atom. The van der Waals surface area contributed by atoms with Gasteiger partial charge < -0.3 is 10.6 Å². The summed E-state index contributed by atoms with van der Waals surface area (Å²) in [4.78, 5) is 2.09. The highest BCUT2D eigenvalue weighted by Gasteiger charge is 2.12. The van der Waals surface area contributed by atoms with Gasteiger partial charge in [-0.05, 0) is 30.5 Å². The SMILES string of the molecule is CC(C)C(N)CCN(C)c1cc(Br)ccc1C#N. The van der Waals surface area contributed by atoms with Crippen molar-refractivity contribution in [3.8, 4) is 6.07 Å².